The molecule has 3 N–H and O–H groups in total. The quantitative estimate of drug-likeness (QED) is 0.664. The number of aliphatic hydroxyl groups excluding tert-OH is 2. The molecule has 90 valence electrons. The highest BCUT2D eigenvalue weighted by Crippen LogP contribution is 2.14. The lowest BCUT2D eigenvalue weighted by Gasteiger charge is -2.11. The summed E-state index contributed by atoms with van der Waals surface area (Å²) in [5.41, 5.74) is -0.0310. The minimum atomic E-state index is -0.898. The Morgan fingerprint density at radius 1 is 1.69 bits per heavy atom. The van der Waals surface area contributed by atoms with E-state index in [9.17, 15) is 4.79 Å². The van der Waals surface area contributed by atoms with E-state index in [1.165, 1.54) is 10.9 Å². The average Bonchev–Trinajstić information content (AvgIpc) is 2.30. The van der Waals surface area contributed by atoms with Crippen LogP contribution in [0.1, 0.15) is 6.92 Å². The van der Waals surface area contributed by atoms with Crippen molar-refractivity contribution in [3.05, 3.63) is 21.6 Å². The van der Waals surface area contributed by atoms with Crippen LogP contribution in [0.4, 0.5) is 5.69 Å². The molecule has 1 heterocycles. The van der Waals surface area contributed by atoms with Crippen molar-refractivity contribution in [2.75, 3.05) is 18.5 Å². The molecule has 6 nitrogen and oxygen atoms in total. The van der Waals surface area contributed by atoms with Crippen LogP contribution < -0.4 is 10.9 Å². The van der Waals surface area contributed by atoms with E-state index in [1.807, 2.05) is 0 Å². The van der Waals surface area contributed by atoms with E-state index in [-0.39, 0.29) is 23.7 Å². The van der Waals surface area contributed by atoms with Crippen LogP contribution in [0.15, 0.2) is 11.0 Å². The zero-order valence-corrected chi connectivity index (χ0v) is 9.61. The molecule has 0 bridgehead atoms. The Morgan fingerprint density at radius 2 is 2.38 bits per heavy atom. The third-order valence-corrected chi connectivity index (χ3v) is 2.39. The second kappa shape index (κ2) is 5.83. The van der Waals surface area contributed by atoms with Gasteiger partial charge in [-0.1, -0.05) is 11.6 Å². The zero-order chi connectivity index (χ0) is 12.1. The van der Waals surface area contributed by atoms with Crippen LogP contribution in [0.25, 0.3) is 0 Å². The van der Waals surface area contributed by atoms with Crippen molar-refractivity contribution in [3.63, 3.8) is 0 Å². The lowest BCUT2D eigenvalue weighted by Crippen LogP contribution is -2.26. The predicted molar refractivity (Wildman–Crippen MR) is 60.8 cm³/mol. The Balaban J connectivity index is 2.83. The number of hydrogen-bond acceptors (Lipinski definition) is 5. The van der Waals surface area contributed by atoms with Gasteiger partial charge in [0.2, 0.25) is 0 Å². The molecule has 1 aromatic rings. The number of nitrogens with zero attached hydrogens (tertiary/aromatic N) is 2. The van der Waals surface area contributed by atoms with E-state index >= 15 is 0 Å². The van der Waals surface area contributed by atoms with Gasteiger partial charge in [0, 0.05) is 13.1 Å². The molecule has 0 aromatic carbocycles. The molecular weight excluding hydrogens is 234 g/mol. The number of hydrogen-bond donors (Lipinski definition) is 3. The van der Waals surface area contributed by atoms with Crippen LogP contribution in [0.2, 0.25) is 5.02 Å². The first kappa shape index (κ1) is 13.0. The first-order valence-corrected chi connectivity index (χ1v) is 5.26. The van der Waals surface area contributed by atoms with E-state index in [0.29, 0.717) is 12.2 Å². The third-order valence-electron chi connectivity index (χ3n) is 2.02. The highest BCUT2D eigenvalue weighted by Gasteiger charge is 2.09. The molecule has 0 aliphatic heterocycles. The van der Waals surface area contributed by atoms with Crippen molar-refractivity contribution in [1.82, 2.24) is 9.78 Å². The smallest absolute Gasteiger partial charge is 0.287 e. The Labute approximate surface area is 97.5 Å². The molecule has 0 radical (unpaired) electrons. The number of rotatable bonds is 5. The number of aliphatic hydroxyl groups is 2. The number of nitrogens with one attached hydrogen (secondary N) is 1. The van der Waals surface area contributed by atoms with E-state index in [0.717, 1.165) is 0 Å². The van der Waals surface area contributed by atoms with Gasteiger partial charge in [0.05, 0.1) is 24.6 Å². The Hall–Kier alpha value is -1.11. The molecule has 16 heavy (non-hydrogen) atoms. The molecule has 0 aliphatic carbocycles. The summed E-state index contributed by atoms with van der Waals surface area (Å²) in [5.74, 6) is 0. The summed E-state index contributed by atoms with van der Waals surface area (Å²) >= 11 is 5.82. The molecule has 0 saturated heterocycles. The van der Waals surface area contributed by atoms with Crippen LogP contribution in [0.5, 0.6) is 0 Å². The van der Waals surface area contributed by atoms with Gasteiger partial charge in [0.25, 0.3) is 5.56 Å². The minimum absolute atomic E-state index is 0.0296. The summed E-state index contributed by atoms with van der Waals surface area (Å²) < 4.78 is 1.23. The first-order valence-electron chi connectivity index (χ1n) is 4.88. The van der Waals surface area contributed by atoms with Crippen molar-refractivity contribution in [3.8, 4) is 0 Å². The largest absolute Gasteiger partial charge is 0.394 e. The molecule has 1 rings (SSSR count). The van der Waals surface area contributed by atoms with Crippen molar-refractivity contribution in [2.45, 2.75) is 19.6 Å². The summed E-state index contributed by atoms with van der Waals surface area (Å²) in [5, 5.41) is 24.4. The predicted octanol–water partition coefficient (Wildman–Crippen LogP) is -0.318. The fraction of sp³-hybridized carbons (Fsp3) is 0.556. The summed E-state index contributed by atoms with van der Waals surface area (Å²) in [7, 11) is 0. The van der Waals surface area contributed by atoms with Crippen LogP contribution in [0.3, 0.4) is 0 Å². The van der Waals surface area contributed by atoms with E-state index in [4.69, 9.17) is 21.8 Å². The van der Waals surface area contributed by atoms with Gasteiger partial charge in [0.15, 0.2) is 0 Å². The molecule has 0 spiro atoms. The van der Waals surface area contributed by atoms with Crippen molar-refractivity contribution < 1.29 is 10.2 Å². The molecule has 0 amide bonds. The van der Waals surface area contributed by atoms with Gasteiger partial charge in [-0.05, 0) is 6.92 Å². The van der Waals surface area contributed by atoms with E-state index in [1.54, 1.807) is 6.92 Å². The normalized spacial score (nSPS) is 12.5. The number of aryl methyl sites for hydroxylation is 1. The molecule has 0 saturated carbocycles. The highest BCUT2D eigenvalue weighted by molar-refractivity contribution is 6.32. The van der Waals surface area contributed by atoms with Gasteiger partial charge >= 0.3 is 0 Å². The lowest BCUT2D eigenvalue weighted by atomic mass is 10.3. The topological polar surface area (TPSA) is 87.4 Å². The SMILES string of the molecule is CCn1ncc(NCC(O)CO)c(Cl)c1=O. The number of anilines is 1. The van der Waals surface area contributed by atoms with Gasteiger partial charge < -0.3 is 15.5 Å². The zero-order valence-electron chi connectivity index (χ0n) is 8.85. The Kier molecular flexibility index (Phi) is 4.72. The second-order valence-electron chi connectivity index (χ2n) is 3.21. The molecule has 7 heteroatoms. The van der Waals surface area contributed by atoms with Gasteiger partial charge in [-0.25, -0.2) is 4.68 Å². The molecule has 0 fully saturated rings. The molecule has 1 atom stereocenters. The Bertz CT molecular complexity index is 407. The molecule has 1 aromatic heterocycles. The maximum absolute atomic E-state index is 11.6. The third kappa shape index (κ3) is 2.94. The van der Waals surface area contributed by atoms with Crippen molar-refractivity contribution in [2.24, 2.45) is 0 Å². The number of halogens is 1. The second-order valence-corrected chi connectivity index (χ2v) is 3.59. The fourth-order valence-electron chi connectivity index (χ4n) is 1.11. The van der Waals surface area contributed by atoms with E-state index < -0.39 is 6.10 Å². The van der Waals surface area contributed by atoms with Crippen LogP contribution in [-0.4, -0.2) is 39.2 Å². The summed E-state index contributed by atoms with van der Waals surface area (Å²) in [6.07, 6.45) is 0.516. The van der Waals surface area contributed by atoms with Crippen LogP contribution in [0, 0.1) is 0 Å². The van der Waals surface area contributed by atoms with E-state index in [2.05, 4.69) is 10.4 Å². The van der Waals surface area contributed by atoms with Gasteiger partial charge in [-0.2, -0.15) is 5.10 Å². The first-order chi connectivity index (χ1) is 7.60. The van der Waals surface area contributed by atoms with Crippen LogP contribution in [-0.2, 0) is 6.54 Å². The molecule has 1 unspecified atom stereocenters. The maximum atomic E-state index is 11.6. The average molecular weight is 248 g/mol. The molecule has 0 aliphatic rings. The number of aromatic nitrogens is 2. The van der Waals surface area contributed by atoms with Gasteiger partial charge in [-0.3, -0.25) is 4.79 Å². The summed E-state index contributed by atoms with van der Waals surface area (Å²) in [6.45, 7) is 1.98. The lowest BCUT2D eigenvalue weighted by molar-refractivity contribution is 0.105. The fourth-order valence-corrected chi connectivity index (χ4v) is 1.32. The van der Waals surface area contributed by atoms with Crippen molar-refractivity contribution >= 4 is 17.3 Å². The Morgan fingerprint density at radius 3 is 2.94 bits per heavy atom. The highest BCUT2D eigenvalue weighted by atomic mass is 35.5. The monoisotopic (exact) mass is 247 g/mol. The standard InChI is InChI=1S/C9H14ClN3O3/c1-2-13-9(16)8(10)7(4-12-13)11-3-6(15)5-14/h4,6,11,14-15H,2-3,5H2,1H3. The summed E-state index contributed by atoms with van der Waals surface area (Å²) in [4.78, 5) is 11.6. The van der Waals surface area contributed by atoms with Crippen LogP contribution >= 0.6 is 11.6 Å². The minimum Gasteiger partial charge on any atom is -0.394 e. The van der Waals surface area contributed by atoms with Gasteiger partial charge in [0.1, 0.15) is 5.02 Å². The van der Waals surface area contributed by atoms with Crippen molar-refractivity contribution in [1.29, 1.82) is 0 Å². The summed E-state index contributed by atoms with van der Waals surface area (Å²) in [6, 6.07) is 0. The van der Waals surface area contributed by atoms with Gasteiger partial charge in [-0.15, -0.1) is 0 Å². The molecular formula is C9H14ClN3O3. The maximum Gasteiger partial charge on any atom is 0.287 e.